The van der Waals surface area contributed by atoms with Crippen molar-refractivity contribution in [2.45, 2.75) is 29.8 Å². The lowest BCUT2D eigenvalue weighted by molar-refractivity contribution is -0.511. The predicted octanol–water partition coefficient (Wildman–Crippen LogP) is -3.36. The minimum Gasteiger partial charge on any atom is -0.419 e. The molecule has 0 bridgehead atoms. The van der Waals surface area contributed by atoms with Crippen molar-refractivity contribution in [1.29, 1.82) is 0 Å². The first-order valence-corrected chi connectivity index (χ1v) is 8.27. The number of hydrogen-bond acceptors (Lipinski definition) is 14. The Labute approximate surface area is 180 Å². The largest absolute Gasteiger partial charge is 0.451 e. The molecule has 0 saturated heterocycles. The standard InChI is InChI=1S/C18H22O14/c1-5-11(21)29-16(26,15(25)10(20)9-19)17(27,30-12(22)6-2)18(28,31-13(23)7-3)32-14(24)8-4/h5-8,10,15,19-20,25-28H,1-4,9H2/t10-,15+,16+,17+/m0/s1. The second-order valence-corrected chi connectivity index (χ2v) is 5.62. The first kappa shape index (κ1) is 28.6. The lowest BCUT2D eigenvalue weighted by Crippen LogP contribution is -2.78. The Balaban J connectivity index is 7.28. The van der Waals surface area contributed by atoms with Crippen LogP contribution in [0.3, 0.4) is 0 Å². The highest BCUT2D eigenvalue weighted by molar-refractivity contribution is 5.84. The summed E-state index contributed by atoms with van der Waals surface area (Å²) in [6.45, 7) is 10.5. The number of rotatable bonds is 13. The topological polar surface area (TPSA) is 227 Å². The molecular weight excluding hydrogens is 440 g/mol. The molecule has 0 aromatic heterocycles. The molecule has 6 N–H and O–H groups in total. The van der Waals surface area contributed by atoms with E-state index in [0.29, 0.717) is 24.3 Å². The molecule has 178 valence electrons. The summed E-state index contributed by atoms with van der Waals surface area (Å²) in [5, 5.41) is 61.7. The lowest BCUT2D eigenvalue weighted by atomic mass is 9.92. The molecule has 0 amide bonds. The van der Waals surface area contributed by atoms with Crippen molar-refractivity contribution in [1.82, 2.24) is 0 Å². The predicted molar refractivity (Wildman–Crippen MR) is 99.1 cm³/mol. The van der Waals surface area contributed by atoms with Gasteiger partial charge in [0.2, 0.25) is 0 Å². The third kappa shape index (κ3) is 5.85. The number of esters is 4. The summed E-state index contributed by atoms with van der Waals surface area (Å²) in [5.74, 6) is -19.9. The zero-order valence-corrected chi connectivity index (χ0v) is 16.4. The Morgan fingerprint density at radius 1 is 0.719 bits per heavy atom. The first-order chi connectivity index (χ1) is 14.7. The minimum absolute atomic E-state index is 0.306. The van der Waals surface area contributed by atoms with Crippen LogP contribution in [0.15, 0.2) is 50.6 Å². The Morgan fingerprint density at radius 2 is 1.06 bits per heavy atom. The summed E-state index contributed by atoms with van der Waals surface area (Å²) in [7, 11) is 0. The van der Waals surface area contributed by atoms with Gasteiger partial charge in [0.25, 0.3) is 0 Å². The highest BCUT2D eigenvalue weighted by Crippen LogP contribution is 2.41. The van der Waals surface area contributed by atoms with Gasteiger partial charge >= 0.3 is 41.4 Å². The number of hydrogen-bond donors (Lipinski definition) is 6. The molecule has 0 rings (SSSR count). The van der Waals surface area contributed by atoms with Crippen LogP contribution in [0.1, 0.15) is 0 Å². The smallest absolute Gasteiger partial charge is 0.419 e. The van der Waals surface area contributed by atoms with Gasteiger partial charge in [-0.3, -0.25) is 0 Å². The van der Waals surface area contributed by atoms with Gasteiger partial charge in [-0.1, -0.05) is 26.3 Å². The molecule has 0 aliphatic heterocycles. The normalized spacial score (nSPS) is 16.6. The molecular formula is C18H22O14. The molecule has 0 aromatic rings. The summed E-state index contributed by atoms with van der Waals surface area (Å²) in [6, 6.07) is 0. The fourth-order valence-electron chi connectivity index (χ4n) is 1.95. The van der Waals surface area contributed by atoms with E-state index in [1.807, 2.05) is 0 Å². The molecule has 0 fully saturated rings. The highest BCUT2D eigenvalue weighted by Gasteiger charge is 2.77. The van der Waals surface area contributed by atoms with E-state index in [0.717, 1.165) is 0 Å². The number of carbonyl (C=O) groups is 4. The summed E-state index contributed by atoms with van der Waals surface area (Å²) >= 11 is 0. The zero-order chi connectivity index (χ0) is 25.3. The molecule has 0 saturated carbocycles. The van der Waals surface area contributed by atoms with Gasteiger partial charge in [-0.25, -0.2) is 19.2 Å². The second kappa shape index (κ2) is 11.3. The molecule has 0 aliphatic carbocycles. The van der Waals surface area contributed by atoms with Crippen LogP contribution in [0, 0.1) is 0 Å². The summed E-state index contributed by atoms with van der Waals surface area (Å²) in [4.78, 5) is 47.1. The van der Waals surface area contributed by atoms with Crippen LogP contribution < -0.4 is 0 Å². The molecule has 14 nitrogen and oxygen atoms in total. The molecule has 0 heterocycles. The maximum atomic E-state index is 11.9. The Kier molecular flexibility index (Phi) is 10.1. The monoisotopic (exact) mass is 462 g/mol. The van der Waals surface area contributed by atoms with E-state index >= 15 is 0 Å². The van der Waals surface area contributed by atoms with Gasteiger partial charge < -0.3 is 49.6 Å². The molecule has 0 aromatic carbocycles. The molecule has 4 atom stereocenters. The van der Waals surface area contributed by atoms with Crippen molar-refractivity contribution in [3.05, 3.63) is 50.6 Å². The van der Waals surface area contributed by atoms with E-state index in [4.69, 9.17) is 5.11 Å². The third-order valence-electron chi connectivity index (χ3n) is 3.52. The number of aliphatic hydroxyl groups excluding tert-OH is 3. The van der Waals surface area contributed by atoms with E-state index in [2.05, 4.69) is 45.3 Å². The zero-order valence-electron chi connectivity index (χ0n) is 16.4. The van der Waals surface area contributed by atoms with Crippen LogP contribution in [0.2, 0.25) is 0 Å². The first-order valence-electron chi connectivity index (χ1n) is 8.27. The minimum atomic E-state index is -4.48. The molecule has 32 heavy (non-hydrogen) atoms. The third-order valence-corrected chi connectivity index (χ3v) is 3.52. The Hall–Kier alpha value is -3.40. The summed E-state index contributed by atoms with van der Waals surface area (Å²) in [5.41, 5.74) is 0. The molecule has 0 unspecified atom stereocenters. The SMILES string of the molecule is C=CC(=O)OC(O)(OC(=O)C=C)[C@](O)(OC(=O)C=C)[C@](O)(OC(=O)C=C)[C@H](O)[C@@H](O)CO. The number of aliphatic hydroxyl groups is 6. The van der Waals surface area contributed by atoms with E-state index in [1.165, 1.54) is 0 Å². The van der Waals surface area contributed by atoms with E-state index in [9.17, 15) is 44.7 Å². The fourth-order valence-corrected chi connectivity index (χ4v) is 1.95. The Bertz CT molecular complexity index is 767. The van der Waals surface area contributed by atoms with Gasteiger partial charge in [0.05, 0.1) is 6.61 Å². The van der Waals surface area contributed by atoms with Crippen molar-refractivity contribution in [2.75, 3.05) is 6.61 Å². The van der Waals surface area contributed by atoms with Crippen LogP contribution in [0.4, 0.5) is 0 Å². The number of ether oxygens (including phenoxy) is 4. The quantitative estimate of drug-likeness (QED) is 0.0680. The van der Waals surface area contributed by atoms with Gasteiger partial charge in [-0.2, -0.15) is 0 Å². The lowest BCUT2D eigenvalue weighted by Gasteiger charge is -2.47. The van der Waals surface area contributed by atoms with Gasteiger partial charge in [0.1, 0.15) is 6.10 Å². The maximum absolute atomic E-state index is 11.9. The highest BCUT2D eigenvalue weighted by atomic mass is 16.9. The summed E-state index contributed by atoms with van der Waals surface area (Å²) < 4.78 is 17.4. The maximum Gasteiger partial charge on any atom is 0.451 e. The second-order valence-electron chi connectivity index (χ2n) is 5.62. The van der Waals surface area contributed by atoms with Gasteiger partial charge in [-0.05, 0) is 0 Å². The molecule has 14 heteroatoms. The molecule has 0 spiro atoms. The van der Waals surface area contributed by atoms with Crippen LogP contribution >= 0.6 is 0 Å². The van der Waals surface area contributed by atoms with Crippen molar-refractivity contribution < 1.29 is 68.8 Å². The van der Waals surface area contributed by atoms with Crippen LogP contribution in [-0.4, -0.2) is 90.9 Å². The average Bonchev–Trinajstić information content (AvgIpc) is 2.76. The van der Waals surface area contributed by atoms with Crippen molar-refractivity contribution in [2.24, 2.45) is 0 Å². The molecule has 0 radical (unpaired) electrons. The fraction of sp³-hybridized carbons (Fsp3) is 0.333. The average molecular weight is 462 g/mol. The van der Waals surface area contributed by atoms with E-state index < -0.39 is 60.2 Å². The molecule has 0 aliphatic rings. The van der Waals surface area contributed by atoms with Crippen LogP contribution in [0.25, 0.3) is 0 Å². The Morgan fingerprint density at radius 3 is 1.41 bits per heavy atom. The summed E-state index contributed by atoms with van der Waals surface area (Å²) in [6.07, 6.45) is -4.20. The van der Waals surface area contributed by atoms with Crippen LogP contribution in [0.5, 0.6) is 0 Å². The van der Waals surface area contributed by atoms with Gasteiger partial charge in [0, 0.05) is 24.3 Å². The van der Waals surface area contributed by atoms with Crippen molar-refractivity contribution in [3.63, 3.8) is 0 Å². The van der Waals surface area contributed by atoms with Crippen molar-refractivity contribution >= 4 is 23.9 Å². The van der Waals surface area contributed by atoms with E-state index in [-0.39, 0.29) is 0 Å². The van der Waals surface area contributed by atoms with Crippen LogP contribution in [-0.2, 0) is 38.1 Å². The van der Waals surface area contributed by atoms with Gasteiger partial charge in [-0.15, -0.1) is 0 Å². The van der Waals surface area contributed by atoms with Gasteiger partial charge in [0.15, 0.2) is 6.10 Å². The number of carbonyl (C=O) groups excluding carboxylic acids is 4. The van der Waals surface area contributed by atoms with E-state index in [1.54, 1.807) is 0 Å². The van der Waals surface area contributed by atoms with Crippen molar-refractivity contribution in [3.8, 4) is 0 Å².